The minimum atomic E-state index is -0.994. The molecule has 5 aromatic rings. The second kappa shape index (κ2) is 12.5. The Hall–Kier alpha value is -4.95. The molecule has 1 N–H and O–H groups in total. The molecule has 8 nitrogen and oxygen atoms in total. The largest absolute Gasteiger partial charge is 0.496 e. The molecule has 43 heavy (non-hydrogen) atoms. The zero-order chi connectivity index (χ0) is 30.7. The van der Waals surface area contributed by atoms with Gasteiger partial charge < -0.3 is 14.6 Å². The number of hydrogen-bond acceptors (Lipinski definition) is 6. The fraction of sp³-hybridized carbons (Fsp3) is 0.176. The summed E-state index contributed by atoms with van der Waals surface area (Å²) in [6, 6.07) is 22.7. The zero-order valence-corrected chi connectivity index (χ0v) is 24.9. The molecular weight excluding hydrogens is 566 g/mol. The number of aryl methyl sites for hydroxylation is 1. The quantitative estimate of drug-likeness (QED) is 0.179. The van der Waals surface area contributed by atoms with Gasteiger partial charge in [-0.15, -0.1) is 0 Å². The van der Waals surface area contributed by atoms with Gasteiger partial charge in [-0.05, 0) is 84.1 Å². The molecule has 5 rings (SSSR count). The average Bonchev–Trinajstić information content (AvgIpc) is 3.00. The summed E-state index contributed by atoms with van der Waals surface area (Å²) in [6.45, 7) is 6.30. The third kappa shape index (κ3) is 6.29. The van der Waals surface area contributed by atoms with E-state index in [1.54, 1.807) is 49.6 Å². The Labute approximate surface area is 253 Å². The van der Waals surface area contributed by atoms with Crippen molar-refractivity contribution in [2.45, 2.75) is 33.3 Å². The van der Waals surface area contributed by atoms with Gasteiger partial charge in [0.05, 0.1) is 29.8 Å². The smallest absolute Gasteiger partial charge is 0.335 e. The van der Waals surface area contributed by atoms with Crippen LogP contribution in [0.2, 0.25) is 5.02 Å². The van der Waals surface area contributed by atoms with Crippen molar-refractivity contribution in [2.75, 3.05) is 7.11 Å². The Kier molecular flexibility index (Phi) is 8.59. The molecule has 0 atom stereocenters. The second-order valence-electron chi connectivity index (χ2n) is 10.4. The minimum absolute atomic E-state index is 0.171. The summed E-state index contributed by atoms with van der Waals surface area (Å²) in [5, 5.41) is 14.7. The van der Waals surface area contributed by atoms with E-state index in [1.807, 2.05) is 31.2 Å². The lowest BCUT2D eigenvalue weighted by atomic mass is 9.96. The predicted octanol–water partition coefficient (Wildman–Crippen LogP) is 7.32. The number of fused-ring (bicyclic) bond motifs is 1. The van der Waals surface area contributed by atoms with E-state index in [2.05, 4.69) is 18.9 Å². The highest BCUT2D eigenvalue weighted by Crippen LogP contribution is 2.34. The maximum Gasteiger partial charge on any atom is 0.335 e. The van der Waals surface area contributed by atoms with Crippen molar-refractivity contribution in [3.63, 3.8) is 0 Å². The number of para-hydroxylation sites is 1. The van der Waals surface area contributed by atoms with E-state index in [0.29, 0.717) is 33.1 Å². The molecule has 0 aliphatic carbocycles. The van der Waals surface area contributed by atoms with Crippen LogP contribution in [0.1, 0.15) is 52.4 Å². The predicted molar refractivity (Wildman–Crippen MR) is 169 cm³/mol. The fourth-order valence-electron chi connectivity index (χ4n) is 4.75. The molecular formula is C34H30ClN3O5. The van der Waals surface area contributed by atoms with E-state index in [1.165, 1.54) is 23.0 Å². The van der Waals surface area contributed by atoms with Gasteiger partial charge in [0, 0.05) is 16.1 Å². The zero-order valence-electron chi connectivity index (χ0n) is 24.2. The number of aromatic carboxylic acids is 1. The van der Waals surface area contributed by atoms with Crippen molar-refractivity contribution >= 4 is 34.7 Å². The Morgan fingerprint density at radius 2 is 1.79 bits per heavy atom. The van der Waals surface area contributed by atoms with Gasteiger partial charge in [-0.3, -0.25) is 4.79 Å². The number of carbonyl (C=O) groups is 1. The SMILES string of the molecule is COc1cc(C)c(-c2nc3ccccc3c(=O)n2N=Cc2cc(Cl)ccc2OCc2ccc(C(=O)O)cc2)cc1C(C)C. The summed E-state index contributed by atoms with van der Waals surface area (Å²) in [6.07, 6.45) is 1.53. The van der Waals surface area contributed by atoms with Crippen LogP contribution in [-0.2, 0) is 6.61 Å². The van der Waals surface area contributed by atoms with Gasteiger partial charge in [0.15, 0.2) is 5.82 Å². The average molecular weight is 596 g/mol. The van der Waals surface area contributed by atoms with E-state index >= 15 is 0 Å². The lowest BCUT2D eigenvalue weighted by molar-refractivity contribution is 0.0697. The van der Waals surface area contributed by atoms with Crippen molar-refractivity contribution in [1.82, 2.24) is 9.66 Å². The van der Waals surface area contributed by atoms with Crippen molar-refractivity contribution in [1.29, 1.82) is 0 Å². The molecule has 0 amide bonds. The number of halogens is 1. The first-order chi connectivity index (χ1) is 20.7. The topological polar surface area (TPSA) is 103 Å². The van der Waals surface area contributed by atoms with Crippen LogP contribution in [0, 0.1) is 6.92 Å². The van der Waals surface area contributed by atoms with Crippen molar-refractivity contribution in [3.05, 3.63) is 122 Å². The second-order valence-corrected chi connectivity index (χ2v) is 10.8. The number of rotatable bonds is 9. The molecule has 0 saturated carbocycles. The highest BCUT2D eigenvalue weighted by Gasteiger charge is 2.18. The maximum absolute atomic E-state index is 13.8. The summed E-state index contributed by atoms with van der Waals surface area (Å²) >= 11 is 6.33. The number of carboxylic acid groups (broad SMARTS) is 1. The summed E-state index contributed by atoms with van der Waals surface area (Å²) in [7, 11) is 1.64. The van der Waals surface area contributed by atoms with Crippen LogP contribution in [-0.4, -0.2) is 34.1 Å². The van der Waals surface area contributed by atoms with Gasteiger partial charge in [-0.1, -0.05) is 49.7 Å². The van der Waals surface area contributed by atoms with Gasteiger partial charge in [-0.25, -0.2) is 9.78 Å². The normalized spacial score (nSPS) is 11.4. The molecule has 0 radical (unpaired) electrons. The van der Waals surface area contributed by atoms with Crippen molar-refractivity contribution in [2.24, 2.45) is 5.10 Å². The first-order valence-electron chi connectivity index (χ1n) is 13.7. The first-order valence-corrected chi connectivity index (χ1v) is 14.0. The fourth-order valence-corrected chi connectivity index (χ4v) is 4.93. The molecule has 0 spiro atoms. The van der Waals surface area contributed by atoms with Crippen LogP contribution in [0.25, 0.3) is 22.3 Å². The standard InChI is InChI=1S/C34H30ClN3O5/c1-20(2)27-17-28(21(3)15-31(27)42-4)32-37-29-8-6-5-7-26(29)33(39)38(32)36-18-24-16-25(35)13-14-30(24)43-19-22-9-11-23(12-10-22)34(40)41/h5-18,20H,19H2,1-4H3,(H,40,41). The summed E-state index contributed by atoms with van der Waals surface area (Å²) < 4.78 is 13.0. The summed E-state index contributed by atoms with van der Waals surface area (Å²) in [5.74, 6) is 0.830. The van der Waals surface area contributed by atoms with E-state index < -0.39 is 5.97 Å². The summed E-state index contributed by atoms with van der Waals surface area (Å²) in [4.78, 5) is 29.9. The molecule has 0 unspecified atom stereocenters. The number of benzene rings is 4. The summed E-state index contributed by atoms with van der Waals surface area (Å²) in [5.41, 5.74) is 4.41. The Bertz CT molecular complexity index is 1910. The number of ether oxygens (including phenoxy) is 2. The number of hydrogen-bond donors (Lipinski definition) is 1. The molecule has 1 aromatic heterocycles. The third-order valence-electron chi connectivity index (χ3n) is 7.07. The highest BCUT2D eigenvalue weighted by molar-refractivity contribution is 6.30. The van der Waals surface area contributed by atoms with Crippen LogP contribution in [0.3, 0.4) is 0 Å². The van der Waals surface area contributed by atoms with Gasteiger partial charge in [0.1, 0.15) is 18.1 Å². The van der Waals surface area contributed by atoms with E-state index in [9.17, 15) is 9.59 Å². The van der Waals surface area contributed by atoms with Gasteiger partial charge in [-0.2, -0.15) is 9.78 Å². The number of methoxy groups -OCH3 is 1. The van der Waals surface area contributed by atoms with E-state index in [4.69, 9.17) is 31.2 Å². The van der Waals surface area contributed by atoms with Gasteiger partial charge >= 0.3 is 5.97 Å². The Balaban J connectivity index is 1.59. The Morgan fingerprint density at radius 3 is 2.49 bits per heavy atom. The van der Waals surface area contributed by atoms with Gasteiger partial charge in [0.2, 0.25) is 0 Å². The van der Waals surface area contributed by atoms with E-state index in [0.717, 1.165) is 28.0 Å². The van der Waals surface area contributed by atoms with Crippen LogP contribution in [0.4, 0.5) is 0 Å². The molecule has 1 heterocycles. The van der Waals surface area contributed by atoms with Crippen LogP contribution < -0.4 is 15.0 Å². The van der Waals surface area contributed by atoms with Crippen LogP contribution in [0.5, 0.6) is 11.5 Å². The molecule has 9 heteroatoms. The minimum Gasteiger partial charge on any atom is -0.496 e. The lowest BCUT2D eigenvalue weighted by Crippen LogP contribution is -2.21. The third-order valence-corrected chi connectivity index (χ3v) is 7.31. The molecule has 0 bridgehead atoms. The number of nitrogens with zero attached hydrogens (tertiary/aromatic N) is 3. The van der Waals surface area contributed by atoms with Crippen molar-refractivity contribution in [3.8, 4) is 22.9 Å². The number of carboxylic acids is 1. The molecule has 0 saturated heterocycles. The monoisotopic (exact) mass is 595 g/mol. The molecule has 0 fully saturated rings. The molecule has 4 aromatic carbocycles. The van der Waals surface area contributed by atoms with Gasteiger partial charge in [0.25, 0.3) is 5.56 Å². The number of aromatic nitrogens is 2. The van der Waals surface area contributed by atoms with Crippen LogP contribution >= 0.6 is 11.6 Å². The van der Waals surface area contributed by atoms with Crippen LogP contribution in [0.15, 0.2) is 88.8 Å². The molecule has 218 valence electrons. The lowest BCUT2D eigenvalue weighted by Gasteiger charge is -2.17. The van der Waals surface area contributed by atoms with Crippen molar-refractivity contribution < 1.29 is 19.4 Å². The maximum atomic E-state index is 13.8. The molecule has 0 aliphatic rings. The highest BCUT2D eigenvalue weighted by atomic mass is 35.5. The first kappa shape index (κ1) is 29.5. The van der Waals surface area contributed by atoms with E-state index in [-0.39, 0.29) is 23.6 Å². The Morgan fingerprint density at radius 1 is 1.05 bits per heavy atom. The molecule has 0 aliphatic heterocycles.